The number of nitrogens with one attached hydrogen (secondary N) is 1. The molecule has 0 unspecified atom stereocenters. The standard InChI is InChI=1S/C14H14FN3O2S/c15-12-6-9(14(16)18-20)3-4-10(12)8-17-13(19)7-11-2-1-5-21-11/h1-6,20H,7-8H2,(H2,16,18)(H,17,19). The molecule has 0 aliphatic heterocycles. The van der Waals surface area contributed by atoms with Gasteiger partial charge < -0.3 is 16.3 Å². The predicted molar refractivity (Wildman–Crippen MR) is 78.8 cm³/mol. The van der Waals surface area contributed by atoms with Crippen LogP contribution in [0.15, 0.2) is 40.9 Å². The van der Waals surface area contributed by atoms with Crippen molar-refractivity contribution in [2.24, 2.45) is 10.9 Å². The Morgan fingerprint density at radius 1 is 1.43 bits per heavy atom. The first-order valence-electron chi connectivity index (χ1n) is 6.15. The molecule has 5 nitrogen and oxygen atoms in total. The largest absolute Gasteiger partial charge is 0.409 e. The number of rotatable bonds is 5. The minimum Gasteiger partial charge on any atom is -0.409 e. The van der Waals surface area contributed by atoms with Gasteiger partial charge in [0, 0.05) is 22.5 Å². The third-order valence-corrected chi connectivity index (χ3v) is 3.72. The number of thiophene rings is 1. The Bertz CT molecular complexity index is 656. The second kappa shape index (κ2) is 6.85. The van der Waals surface area contributed by atoms with Crippen molar-refractivity contribution >= 4 is 23.1 Å². The fourth-order valence-corrected chi connectivity index (χ4v) is 2.44. The quantitative estimate of drug-likeness (QED) is 0.341. The Morgan fingerprint density at radius 3 is 2.86 bits per heavy atom. The van der Waals surface area contributed by atoms with E-state index in [0.717, 1.165) is 10.9 Å². The van der Waals surface area contributed by atoms with Crippen LogP contribution in [0, 0.1) is 5.82 Å². The molecule has 21 heavy (non-hydrogen) atoms. The summed E-state index contributed by atoms with van der Waals surface area (Å²) in [6, 6.07) is 7.93. The molecule has 0 saturated heterocycles. The summed E-state index contributed by atoms with van der Waals surface area (Å²) in [7, 11) is 0. The fraction of sp³-hybridized carbons (Fsp3) is 0.143. The van der Waals surface area contributed by atoms with E-state index in [1.54, 1.807) is 0 Å². The van der Waals surface area contributed by atoms with E-state index < -0.39 is 5.82 Å². The lowest BCUT2D eigenvalue weighted by Gasteiger charge is -2.07. The summed E-state index contributed by atoms with van der Waals surface area (Å²) in [5.74, 6) is -0.852. The third kappa shape index (κ3) is 4.03. The van der Waals surface area contributed by atoms with E-state index in [1.165, 1.54) is 23.5 Å². The molecular weight excluding hydrogens is 293 g/mol. The van der Waals surface area contributed by atoms with Gasteiger partial charge in [0.15, 0.2) is 5.84 Å². The highest BCUT2D eigenvalue weighted by molar-refractivity contribution is 7.10. The van der Waals surface area contributed by atoms with Gasteiger partial charge in [-0.15, -0.1) is 11.3 Å². The van der Waals surface area contributed by atoms with E-state index in [4.69, 9.17) is 10.9 Å². The number of oxime groups is 1. The number of benzene rings is 1. The number of nitrogens with two attached hydrogens (primary N) is 1. The van der Waals surface area contributed by atoms with Crippen molar-refractivity contribution in [2.75, 3.05) is 0 Å². The number of hydrogen-bond donors (Lipinski definition) is 3. The molecule has 1 aromatic carbocycles. The number of carbonyl (C=O) groups excluding carboxylic acids is 1. The topological polar surface area (TPSA) is 87.7 Å². The van der Waals surface area contributed by atoms with Gasteiger partial charge in [0.2, 0.25) is 5.91 Å². The first kappa shape index (κ1) is 15.0. The molecule has 0 radical (unpaired) electrons. The second-order valence-corrected chi connectivity index (χ2v) is 5.36. The monoisotopic (exact) mass is 307 g/mol. The maximum atomic E-state index is 13.8. The highest BCUT2D eigenvalue weighted by Gasteiger charge is 2.09. The Hall–Kier alpha value is -2.41. The molecule has 7 heteroatoms. The van der Waals surface area contributed by atoms with E-state index in [9.17, 15) is 9.18 Å². The lowest BCUT2D eigenvalue weighted by atomic mass is 10.1. The molecule has 4 N–H and O–H groups in total. The Kier molecular flexibility index (Phi) is 4.89. The molecule has 0 aliphatic carbocycles. The average molecular weight is 307 g/mol. The molecule has 0 saturated carbocycles. The van der Waals surface area contributed by atoms with Crippen molar-refractivity contribution in [1.29, 1.82) is 0 Å². The molecular formula is C14H14FN3O2S. The fourth-order valence-electron chi connectivity index (χ4n) is 1.74. The van der Waals surface area contributed by atoms with Gasteiger partial charge in [-0.25, -0.2) is 4.39 Å². The lowest BCUT2D eigenvalue weighted by molar-refractivity contribution is -0.120. The van der Waals surface area contributed by atoms with Crippen LogP contribution in [0.1, 0.15) is 16.0 Å². The van der Waals surface area contributed by atoms with Gasteiger partial charge in [-0.1, -0.05) is 23.4 Å². The van der Waals surface area contributed by atoms with Gasteiger partial charge >= 0.3 is 0 Å². The highest BCUT2D eigenvalue weighted by atomic mass is 32.1. The first-order valence-corrected chi connectivity index (χ1v) is 7.03. The summed E-state index contributed by atoms with van der Waals surface area (Å²) in [6.45, 7) is 0.0898. The zero-order valence-electron chi connectivity index (χ0n) is 11.0. The van der Waals surface area contributed by atoms with E-state index in [0.29, 0.717) is 5.56 Å². The Balaban J connectivity index is 1.95. The molecule has 1 heterocycles. The van der Waals surface area contributed by atoms with E-state index in [2.05, 4.69) is 10.5 Å². The Morgan fingerprint density at radius 2 is 2.24 bits per heavy atom. The SMILES string of the molecule is NC(=NO)c1ccc(CNC(=O)Cc2cccs2)c(F)c1. The molecule has 0 atom stereocenters. The van der Waals surface area contributed by atoms with Crippen LogP contribution in [0.4, 0.5) is 4.39 Å². The molecule has 0 aliphatic rings. The molecule has 110 valence electrons. The number of carbonyl (C=O) groups is 1. The van der Waals surface area contributed by atoms with Gasteiger partial charge in [-0.3, -0.25) is 4.79 Å². The van der Waals surface area contributed by atoms with Gasteiger partial charge in [-0.05, 0) is 17.5 Å². The maximum absolute atomic E-state index is 13.8. The summed E-state index contributed by atoms with van der Waals surface area (Å²) in [5, 5.41) is 15.9. The smallest absolute Gasteiger partial charge is 0.225 e. The summed E-state index contributed by atoms with van der Waals surface area (Å²) in [4.78, 5) is 12.7. The van der Waals surface area contributed by atoms with Crippen molar-refractivity contribution in [3.63, 3.8) is 0 Å². The van der Waals surface area contributed by atoms with Crippen LogP contribution in [0.2, 0.25) is 0 Å². The van der Waals surface area contributed by atoms with Crippen LogP contribution >= 0.6 is 11.3 Å². The normalized spacial score (nSPS) is 11.4. The van der Waals surface area contributed by atoms with Gasteiger partial charge in [0.05, 0.1) is 6.42 Å². The van der Waals surface area contributed by atoms with Crippen molar-refractivity contribution in [3.05, 3.63) is 57.5 Å². The van der Waals surface area contributed by atoms with Crippen LogP contribution in [-0.2, 0) is 17.8 Å². The van der Waals surface area contributed by atoms with E-state index in [1.807, 2.05) is 17.5 Å². The predicted octanol–water partition coefficient (Wildman–Crippen LogP) is 1.84. The zero-order valence-corrected chi connectivity index (χ0v) is 11.9. The summed E-state index contributed by atoms with van der Waals surface area (Å²) < 4.78 is 13.8. The summed E-state index contributed by atoms with van der Waals surface area (Å²) in [5.41, 5.74) is 5.99. The second-order valence-electron chi connectivity index (χ2n) is 4.32. The van der Waals surface area contributed by atoms with Gasteiger partial charge in [0.1, 0.15) is 5.82 Å². The van der Waals surface area contributed by atoms with Crippen molar-refractivity contribution in [1.82, 2.24) is 5.32 Å². The molecule has 1 amide bonds. The zero-order chi connectivity index (χ0) is 15.2. The maximum Gasteiger partial charge on any atom is 0.225 e. The molecule has 2 aromatic rings. The van der Waals surface area contributed by atoms with Crippen LogP contribution in [0.3, 0.4) is 0 Å². The highest BCUT2D eigenvalue weighted by Crippen LogP contribution is 2.11. The number of hydrogen-bond acceptors (Lipinski definition) is 4. The molecule has 0 bridgehead atoms. The van der Waals surface area contributed by atoms with E-state index in [-0.39, 0.29) is 30.3 Å². The third-order valence-electron chi connectivity index (χ3n) is 2.85. The van der Waals surface area contributed by atoms with Crippen LogP contribution in [0.25, 0.3) is 0 Å². The number of nitrogens with zero attached hydrogens (tertiary/aromatic N) is 1. The van der Waals surface area contributed by atoms with Gasteiger partial charge in [0.25, 0.3) is 0 Å². The summed E-state index contributed by atoms with van der Waals surface area (Å²) in [6.07, 6.45) is 0.279. The van der Waals surface area contributed by atoms with Crippen LogP contribution < -0.4 is 11.1 Å². The van der Waals surface area contributed by atoms with Crippen molar-refractivity contribution < 1.29 is 14.4 Å². The Labute approximate surface area is 124 Å². The van der Waals surface area contributed by atoms with Crippen molar-refractivity contribution in [2.45, 2.75) is 13.0 Å². The summed E-state index contributed by atoms with van der Waals surface area (Å²) >= 11 is 1.50. The van der Waals surface area contributed by atoms with Crippen molar-refractivity contribution in [3.8, 4) is 0 Å². The first-order chi connectivity index (χ1) is 10.1. The average Bonchev–Trinajstić information content (AvgIpc) is 2.98. The molecule has 0 spiro atoms. The number of halogens is 1. The minimum absolute atomic E-state index is 0.0898. The molecule has 1 aromatic heterocycles. The minimum atomic E-state index is -0.518. The molecule has 2 rings (SSSR count). The lowest BCUT2D eigenvalue weighted by Crippen LogP contribution is -2.25. The number of amides is 1. The van der Waals surface area contributed by atoms with Gasteiger partial charge in [-0.2, -0.15) is 0 Å². The molecule has 0 fully saturated rings. The number of amidine groups is 1. The van der Waals surface area contributed by atoms with Crippen LogP contribution in [0.5, 0.6) is 0 Å². The van der Waals surface area contributed by atoms with E-state index >= 15 is 0 Å². The van der Waals surface area contributed by atoms with Crippen LogP contribution in [-0.4, -0.2) is 17.0 Å².